The summed E-state index contributed by atoms with van der Waals surface area (Å²) >= 11 is 3.43. The number of halogens is 1. The molecule has 0 bridgehead atoms. The number of benzene rings is 1. The van der Waals surface area contributed by atoms with Crippen LogP contribution in [0, 0.1) is 5.41 Å². The van der Waals surface area contributed by atoms with E-state index < -0.39 is 0 Å². The van der Waals surface area contributed by atoms with Crippen LogP contribution in [0.5, 0.6) is 11.5 Å². The SMILES string of the molecule is COc1cccc(C(=O)NCC(C)(C)CCBr)c1OC. The number of para-hydroxylation sites is 1. The van der Waals surface area contributed by atoms with Gasteiger partial charge in [0.05, 0.1) is 19.8 Å². The lowest BCUT2D eigenvalue weighted by molar-refractivity contribution is 0.0932. The number of carbonyl (C=O) groups excluding carboxylic acids is 1. The van der Waals surface area contributed by atoms with E-state index in [2.05, 4.69) is 35.1 Å². The highest BCUT2D eigenvalue weighted by molar-refractivity contribution is 9.09. The Morgan fingerprint density at radius 2 is 2.00 bits per heavy atom. The predicted octanol–water partition coefficient (Wildman–Crippen LogP) is 3.24. The van der Waals surface area contributed by atoms with Gasteiger partial charge in [-0.15, -0.1) is 0 Å². The van der Waals surface area contributed by atoms with Crippen LogP contribution in [0.2, 0.25) is 0 Å². The molecule has 112 valence electrons. The fourth-order valence-corrected chi connectivity index (χ4v) is 2.90. The van der Waals surface area contributed by atoms with Gasteiger partial charge < -0.3 is 14.8 Å². The summed E-state index contributed by atoms with van der Waals surface area (Å²) in [7, 11) is 3.09. The first-order chi connectivity index (χ1) is 9.45. The predicted molar refractivity (Wildman–Crippen MR) is 84.1 cm³/mol. The van der Waals surface area contributed by atoms with E-state index >= 15 is 0 Å². The first kappa shape index (κ1) is 16.8. The lowest BCUT2D eigenvalue weighted by atomic mass is 9.90. The topological polar surface area (TPSA) is 47.6 Å². The maximum Gasteiger partial charge on any atom is 0.255 e. The van der Waals surface area contributed by atoms with E-state index in [1.54, 1.807) is 25.3 Å². The molecule has 0 aromatic heterocycles. The summed E-state index contributed by atoms with van der Waals surface area (Å²) in [5.41, 5.74) is 0.534. The molecule has 0 heterocycles. The van der Waals surface area contributed by atoms with Crippen molar-refractivity contribution in [1.29, 1.82) is 0 Å². The summed E-state index contributed by atoms with van der Waals surface area (Å²) in [6, 6.07) is 5.28. The van der Waals surface area contributed by atoms with Gasteiger partial charge in [-0.3, -0.25) is 4.79 Å². The second kappa shape index (κ2) is 7.53. The number of hydrogen-bond donors (Lipinski definition) is 1. The zero-order valence-corrected chi connectivity index (χ0v) is 14.0. The van der Waals surface area contributed by atoms with Gasteiger partial charge in [0.15, 0.2) is 11.5 Å². The largest absolute Gasteiger partial charge is 0.493 e. The first-order valence-corrected chi connectivity index (χ1v) is 7.62. The third-order valence-corrected chi connectivity index (χ3v) is 3.54. The van der Waals surface area contributed by atoms with Crippen LogP contribution in [0.4, 0.5) is 0 Å². The maximum absolute atomic E-state index is 12.3. The molecule has 0 aliphatic heterocycles. The summed E-state index contributed by atoms with van der Waals surface area (Å²) in [5.74, 6) is 0.870. The van der Waals surface area contributed by atoms with E-state index in [1.807, 2.05) is 0 Å². The normalized spacial score (nSPS) is 11.1. The molecule has 0 saturated heterocycles. The van der Waals surface area contributed by atoms with E-state index in [1.165, 1.54) is 7.11 Å². The van der Waals surface area contributed by atoms with E-state index in [4.69, 9.17) is 9.47 Å². The zero-order valence-electron chi connectivity index (χ0n) is 12.5. The van der Waals surface area contributed by atoms with Gasteiger partial charge in [0.2, 0.25) is 0 Å². The molecule has 0 atom stereocenters. The van der Waals surface area contributed by atoms with Crippen molar-refractivity contribution in [1.82, 2.24) is 5.32 Å². The molecule has 4 nitrogen and oxygen atoms in total. The Morgan fingerprint density at radius 1 is 1.30 bits per heavy atom. The Balaban J connectivity index is 2.83. The van der Waals surface area contributed by atoms with Gasteiger partial charge in [-0.2, -0.15) is 0 Å². The summed E-state index contributed by atoms with van der Waals surface area (Å²) in [6.07, 6.45) is 0.989. The van der Waals surface area contributed by atoms with Crippen molar-refractivity contribution in [2.24, 2.45) is 5.41 Å². The smallest absolute Gasteiger partial charge is 0.255 e. The maximum atomic E-state index is 12.3. The second-order valence-electron chi connectivity index (χ2n) is 5.33. The molecule has 20 heavy (non-hydrogen) atoms. The summed E-state index contributed by atoms with van der Waals surface area (Å²) in [5, 5.41) is 3.87. The van der Waals surface area contributed by atoms with Crippen molar-refractivity contribution in [3.8, 4) is 11.5 Å². The molecule has 5 heteroatoms. The van der Waals surface area contributed by atoms with Crippen LogP contribution in [0.1, 0.15) is 30.6 Å². The Kier molecular flexibility index (Phi) is 6.33. The van der Waals surface area contributed by atoms with Crippen molar-refractivity contribution >= 4 is 21.8 Å². The van der Waals surface area contributed by atoms with Gasteiger partial charge in [0, 0.05) is 11.9 Å². The van der Waals surface area contributed by atoms with Gasteiger partial charge in [-0.1, -0.05) is 35.8 Å². The molecule has 1 rings (SSSR count). The Morgan fingerprint density at radius 3 is 2.55 bits per heavy atom. The minimum Gasteiger partial charge on any atom is -0.493 e. The number of alkyl halides is 1. The van der Waals surface area contributed by atoms with Crippen molar-refractivity contribution in [3.63, 3.8) is 0 Å². The first-order valence-electron chi connectivity index (χ1n) is 6.50. The summed E-state index contributed by atoms with van der Waals surface area (Å²) < 4.78 is 10.5. The Bertz CT molecular complexity index is 460. The molecule has 0 aliphatic rings. The number of carbonyl (C=O) groups is 1. The van der Waals surface area contributed by atoms with E-state index in [-0.39, 0.29) is 11.3 Å². The number of methoxy groups -OCH3 is 2. The Labute approximate surface area is 129 Å². The number of amides is 1. The molecule has 0 spiro atoms. The molecule has 1 amide bonds. The van der Waals surface area contributed by atoms with Gasteiger partial charge in [0.25, 0.3) is 5.91 Å². The van der Waals surface area contributed by atoms with E-state index in [0.717, 1.165) is 11.8 Å². The van der Waals surface area contributed by atoms with Crippen LogP contribution in [-0.2, 0) is 0 Å². The lowest BCUT2D eigenvalue weighted by Crippen LogP contribution is -2.34. The van der Waals surface area contributed by atoms with Crippen LogP contribution < -0.4 is 14.8 Å². The van der Waals surface area contributed by atoms with Gasteiger partial charge in [-0.25, -0.2) is 0 Å². The molecule has 1 aromatic rings. The molecule has 0 radical (unpaired) electrons. The van der Waals surface area contributed by atoms with Crippen LogP contribution in [-0.4, -0.2) is 32.0 Å². The third-order valence-electron chi connectivity index (χ3n) is 3.15. The van der Waals surface area contributed by atoms with Crippen molar-refractivity contribution in [2.75, 3.05) is 26.1 Å². The zero-order chi connectivity index (χ0) is 15.2. The second-order valence-corrected chi connectivity index (χ2v) is 6.12. The van der Waals surface area contributed by atoms with Crippen LogP contribution in [0.25, 0.3) is 0 Å². The highest BCUT2D eigenvalue weighted by Crippen LogP contribution is 2.30. The van der Waals surface area contributed by atoms with Gasteiger partial charge in [-0.05, 0) is 24.0 Å². The highest BCUT2D eigenvalue weighted by atomic mass is 79.9. The third kappa shape index (κ3) is 4.40. The van der Waals surface area contributed by atoms with Crippen molar-refractivity contribution in [3.05, 3.63) is 23.8 Å². The fraction of sp³-hybridized carbons (Fsp3) is 0.533. The van der Waals surface area contributed by atoms with Gasteiger partial charge >= 0.3 is 0 Å². The van der Waals surface area contributed by atoms with E-state index in [0.29, 0.717) is 23.6 Å². The Hall–Kier alpha value is -1.23. The molecule has 1 N–H and O–H groups in total. The number of hydrogen-bond acceptors (Lipinski definition) is 3. The summed E-state index contributed by atoms with van der Waals surface area (Å²) in [4.78, 5) is 12.3. The number of nitrogens with one attached hydrogen (secondary N) is 1. The standard InChI is InChI=1S/C15H22BrNO3/c1-15(2,8-9-16)10-17-14(18)11-6-5-7-12(19-3)13(11)20-4/h5-7H,8-10H2,1-4H3,(H,17,18). The summed E-state index contributed by atoms with van der Waals surface area (Å²) in [6.45, 7) is 4.85. The molecular weight excluding hydrogens is 322 g/mol. The quantitative estimate of drug-likeness (QED) is 0.773. The highest BCUT2D eigenvalue weighted by Gasteiger charge is 2.21. The van der Waals surface area contributed by atoms with E-state index in [9.17, 15) is 4.79 Å². The minimum atomic E-state index is -0.150. The number of rotatable bonds is 7. The molecule has 0 fully saturated rings. The molecular formula is C15H22BrNO3. The van der Waals surface area contributed by atoms with Crippen LogP contribution in [0.3, 0.4) is 0 Å². The molecule has 0 unspecified atom stereocenters. The lowest BCUT2D eigenvalue weighted by Gasteiger charge is -2.24. The van der Waals surface area contributed by atoms with Gasteiger partial charge in [0.1, 0.15) is 0 Å². The average molecular weight is 344 g/mol. The number of ether oxygens (including phenoxy) is 2. The van der Waals surface area contributed by atoms with Crippen molar-refractivity contribution in [2.45, 2.75) is 20.3 Å². The minimum absolute atomic E-state index is 0.0469. The monoisotopic (exact) mass is 343 g/mol. The molecule has 0 saturated carbocycles. The van der Waals surface area contributed by atoms with Crippen LogP contribution in [0.15, 0.2) is 18.2 Å². The van der Waals surface area contributed by atoms with Crippen LogP contribution >= 0.6 is 15.9 Å². The van der Waals surface area contributed by atoms with Crippen molar-refractivity contribution < 1.29 is 14.3 Å². The molecule has 0 aliphatic carbocycles. The average Bonchev–Trinajstić information content (AvgIpc) is 2.43. The molecule has 1 aromatic carbocycles. The fourth-order valence-electron chi connectivity index (χ4n) is 1.82.